The fourth-order valence-corrected chi connectivity index (χ4v) is 5.36. The summed E-state index contributed by atoms with van der Waals surface area (Å²) < 4.78 is 11.9. The van der Waals surface area contributed by atoms with Gasteiger partial charge in [0.2, 0.25) is 0 Å². The Morgan fingerprint density at radius 2 is 1.36 bits per heavy atom. The summed E-state index contributed by atoms with van der Waals surface area (Å²) in [5, 5.41) is 2.36. The maximum Gasteiger partial charge on any atom is 0.138 e. The average molecular weight is 562 g/mol. The highest BCUT2D eigenvalue weighted by molar-refractivity contribution is 6.08. The summed E-state index contributed by atoms with van der Waals surface area (Å²) in [6, 6.07) is 25.4. The molecular weight excluding hydrogens is 522 g/mol. The minimum absolute atomic E-state index is 0.697. The monoisotopic (exact) mass is 561 g/mol. The lowest BCUT2D eigenvalue weighted by Gasteiger charge is -2.11. The Labute approximate surface area is 247 Å². The van der Waals surface area contributed by atoms with Crippen LogP contribution in [0.4, 0.5) is 5.69 Å². The molecule has 0 amide bonds. The third-order valence-corrected chi connectivity index (χ3v) is 7.60. The first-order chi connectivity index (χ1) is 20.4. The quantitative estimate of drug-likeness (QED) is 0.171. The fraction of sp³-hybridized carbons (Fsp3) is 0.314. The number of nitrogens with zero attached hydrogens (tertiary/aromatic N) is 4. The van der Waals surface area contributed by atoms with Crippen molar-refractivity contribution in [3.05, 3.63) is 83.9 Å². The van der Waals surface area contributed by atoms with Crippen LogP contribution in [0.3, 0.4) is 0 Å². The second-order valence-electron chi connectivity index (χ2n) is 11.6. The Balaban J connectivity index is 1.13. The number of fused-ring (bicyclic) bond motifs is 3. The minimum Gasteiger partial charge on any atom is -0.494 e. The number of benzene rings is 4. The molecule has 4 aromatic carbocycles. The van der Waals surface area contributed by atoms with E-state index in [1.807, 2.05) is 24.3 Å². The smallest absolute Gasteiger partial charge is 0.138 e. The van der Waals surface area contributed by atoms with Gasteiger partial charge in [-0.2, -0.15) is 0 Å². The minimum atomic E-state index is 0.697. The van der Waals surface area contributed by atoms with Gasteiger partial charge in [0.25, 0.3) is 0 Å². The molecule has 0 aliphatic carbocycles. The number of aliphatic imine (C=N–C) groups is 1. The highest BCUT2D eigenvalue weighted by Crippen LogP contribution is 2.33. The van der Waals surface area contributed by atoms with Crippen LogP contribution in [0.25, 0.3) is 33.2 Å². The molecule has 0 unspecified atom stereocenters. The van der Waals surface area contributed by atoms with Gasteiger partial charge in [-0.05, 0) is 105 Å². The van der Waals surface area contributed by atoms with Crippen LogP contribution >= 0.6 is 0 Å². The zero-order chi connectivity index (χ0) is 29.1. The first kappa shape index (κ1) is 27.9. The average Bonchev–Trinajstić information content (AvgIpc) is 3.61. The number of aromatic amines is 1. The summed E-state index contributed by atoms with van der Waals surface area (Å²) >= 11 is 0. The third-order valence-electron chi connectivity index (χ3n) is 7.60. The van der Waals surface area contributed by atoms with Crippen molar-refractivity contribution in [2.45, 2.75) is 19.3 Å². The number of H-pyrrole nitrogens is 1. The lowest BCUT2D eigenvalue weighted by molar-refractivity contribution is 0.281. The van der Waals surface area contributed by atoms with Crippen molar-refractivity contribution < 1.29 is 9.47 Å². The van der Waals surface area contributed by atoms with Crippen molar-refractivity contribution in [2.24, 2.45) is 4.99 Å². The van der Waals surface area contributed by atoms with Gasteiger partial charge in [-0.15, -0.1) is 0 Å². The first-order valence-corrected chi connectivity index (χ1v) is 14.7. The third kappa shape index (κ3) is 6.48. The molecule has 1 aliphatic heterocycles. The van der Waals surface area contributed by atoms with Crippen LogP contribution in [0.1, 0.15) is 24.0 Å². The van der Waals surface area contributed by atoms with Gasteiger partial charge in [0, 0.05) is 31.1 Å². The molecule has 0 spiro atoms. The number of rotatable bonds is 12. The van der Waals surface area contributed by atoms with Crippen molar-refractivity contribution >= 4 is 33.2 Å². The first-order valence-electron chi connectivity index (χ1n) is 14.7. The van der Waals surface area contributed by atoms with Crippen LogP contribution in [-0.4, -0.2) is 80.0 Å². The van der Waals surface area contributed by atoms with Crippen molar-refractivity contribution in [3.8, 4) is 22.9 Å². The molecule has 0 fully saturated rings. The van der Waals surface area contributed by atoms with Crippen LogP contribution in [0.2, 0.25) is 0 Å². The molecule has 1 aliphatic rings. The Morgan fingerprint density at radius 3 is 2.07 bits per heavy atom. The lowest BCUT2D eigenvalue weighted by Crippen LogP contribution is -2.15. The van der Waals surface area contributed by atoms with Gasteiger partial charge >= 0.3 is 0 Å². The zero-order valence-corrected chi connectivity index (χ0v) is 25.0. The molecule has 42 heavy (non-hydrogen) atoms. The molecular formula is C35H39N5O2. The highest BCUT2D eigenvalue weighted by atomic mass is 16.5. The second-order valence-corrected chi connectivity index (χ2v) is 11.6. The molecule has 0 saturated carbocycles. The molecule has 0 saturated heterocycles. The molecule has 6 rings (SSSR count). The van der Waals surface area contributed by atoms with E-state index in [-0.39, 0.29) is 0 Å². The standard InChI is InChI=1S/C35H39N5O2/c1-39(2)15-5-17-41-29-11-13-31-28(21-29)22-33(36-31)26-9-7-25-20-27(10-8-24(25)19-26)35-37-32-14-12-30(23-34(32)38-35)42-18-6-16-40(3)4/h7-14,19-21,23H,5-6,15-18,22H2,1-4H3,(H,37,38). The van der Waals surface area contributed by atoms with E-state index in [9.17, 15) is 0 Å². The second kappa shape index (κ2) is 12.3. The van der Waals surface area contributed by atoms with Gasteiger partial charge in [0.05, 0.1) is 35.6 Å². The van der Waals surface area contributed by atoms with Gasteiger partial charge in [0.15, 0.2) is 0 Å². The maximum absolute atomic E-state index is 5.99. The van der Waals surface area contributed by atoms with Crippen molar-refractivity contribution in [2.75, 3.05) is 54.5 Å². The molecule has 0 atom stereocenters. The topological polar surface area (TPSA) is 66.0 Å². The molecule has 1 N–H and O–H groups in total. The van der Waals surface area contributed by atoms with Crippen molar-refractivity contribution in [1.29, 1.82) is 0 Å². The van der Waals surface area contributed by atoms with Crippen LogP contribution < -0.4 is 9.47 Å². The summed E-state index contributed by atoms with van der Waals surface area (Å²) in [5.41, 5.74) is 7.47. The number of nitrogens with one attached hydrogen (secondary N) is 1. The summed E-state index contributed by atoms with van der Waals surface area (Å²) in [6.45, 7) is 3.45. The van der Waals surface area contributed by atoms with E-state index in [0.717, 1.165) is 89.8 Å². The van der Waals surface area contributed by atoms with E-state index in [0.29, 0.717) is 6.61 Å². The van der Waals surface area contributed by atoms with Crippen LogP contribution in [0.15, 0.2) is 77.8 Å². The summed E-state index contributed by atoms with van der Waals surface area (Å²) in [6.07, 6.45) is 2.81. The van der Waals surface area contributed by atoms with Crippen LogP contribution in [-0.2, 0) is 6.42 Å². The van der Waals surface area contributed by atoms with E-state index < -0.39 is 0 Å². The Hall–Kier alpha value is -4.20. The van der Waals surface area contributed by atoms with Crippen LogP contribution in [0, 0.1) is 0 Å². The Bertz CT molecular complexity index is 1740. The molecule has 1 aromatic heterocycles. The van der Waals surface area contributed by atoms with Gasteiger partial charge in [-0.1, -0.05) is 24.3 Å². The molecule has 216 valence electrons. The fourth-order valence-electron chi connectivity index (χ4n) is 5.36. The molecule has 0 bridgehead atoms. The SMILES string of the molecule is CN(C)CCCOc1ccc2c(c1)CC(c1ccc3cc(-c4nc5ccc(OCCCN(C)C)cc5[nH]4)ccc3c1)=N2. The molecule has 7 nitrogen and oxygen atoms in total. The zero-order valence-electron chi connectivity index (χ0n) is 25.0. The predicted octanol–water partition coefficient (Wildman–Crippen LogP) is 6.72. The van der Waals surface area contributed by atoms with E-state index in [2.05, 4.69) is 91.5 Å². The van der Waals surface area contributed by atoms with Crippen LogP contribution in [0.5, 0.6) is 11.5 Å². The van der Waals surface area contributed by atoms with Gasteiger partial charge in [-0.3, -0.25) is 4.99 Å². The van der Waals surface area contributed by atoms with E-state index >= 15 is 0 Å². The van der Waals surface area contributed by atoms with Gasteiger partial charge in [-0.25, -0.2) is 4.98 Å². The number of hydrogen-bond donors (Lipinski definition) is 1. The predicted molar refractivity (Wildman–Crippen MR) is 173 cm³/mol. The number of imidazole rings is 1. The lowest BCUT2D eigenvalue weighted by atomic mass is 9.99. The van der Waals surface area contributed by atoms with Crippen molar-refractivity contribution in [3.63, 3.8) is 0 Å². The largest absolute Gasteiger partial charge is 0.494 e. The Morgan fingerprint density at radius 1 is 0.714 bits per heavy atom. The molecule has 2 heterocycles. The molecule has 7 heteroatoms. The Kier molecular flexibility index (Phi) is 8.22. The highest BCUT2D eigenvalue weighted by Gasteiger charge is 2.17. The number of ether oxygens (including phenoxy) is 2. The summed E-state index contributed by atoms with van der Waals surface area (Å²) in [7, 11) is 8.32. The van der Waals surface area contributed by atoms with Gasteiger partial charge in [0.1, 0.15) is 17.3 Å². The molecule has 0 radical (unpaired) electrons. The summed E-state index contributed by atoms with van der Waals surface area (Å²) in [4.78, 5) is 17.6. The normalized spacial score (nSPS) is 12.9. The maximum atomic E-state index is 5.99. The van der Waals surface area contributed by atoms with E-state index in [1.165, 1.54) is 16.3 Å². The number of aromatic nitrogens is 2. The number of hydrogen-bond acceptors (Lipinski definition) is 6. The van der Waals surface area contributed by atoms with Gasteiger partial charge < -0.3 is 24.3 Å². The van der Waals surface area contributed by atoms with E-state index in [1.54, 1.807) is 0 Å². The van der Waals surface area contributed by atoms with Crippen molar-refractivity contribution in [1.82, 2.24) is 19.8 Å². The van der Waals surface area contributed by atoms with E-state index in [4.69, 9.17) is 19.5 Å². The molecule has 5 aromatic rings. The summed E-state index contributed by atoms with van der Waals surface area (Å²) in [5.74, 6) is 2.64.